The van der Waals surface area contributed by atoms with E-state index in [-0.39, 0.29) is 17.2 Å². The molecule has 1 aromatic carbocycles. The summed E-state index contributed by atoms with van der Waals surface area (Å²) in [6.07, 6.45) is -0.998. The van der Waals surface area contributed by atoms with Crippen LogP contribution >= 0.6 is 11.3 Å². The maximum atomic E-state index is 12.6. The van der Waals surface area contributed by atoms with Crippen LogP contribution < -0.4 is 11.2 Å². The Balaban J connectivity index is 1.88. The fourth-order valence-electron chi connectivity index (χ4n) is 3.19. The summed E-state index contributed by atoms with van der Waals surface area (Å²) in [5, 5.41) is 11.3. The lowest BCUT2D eigenvalue weighted by Crippen LogP contribution is -2.38. The Labute approximate surface area is 158 Å². The van der Waals surface area contributed by atoms with Crippen LogP contribution in [0.5, 0.6) is 0 Å². The van der Waals surface area contributed by atoms with Gasteiger partial charge in [-0.2, -0.15) is 0 Å². The van der Waals surface area contributed by atoms with Crippen molar-refractivity contribution in [2.24, 2.45) is 13.0 Å². The van der Waals surface area contributed by atoms with Crippen molar-refractivity contribution in [3.63, 3.8) is 0 Å². The van der Waals surface area contributed by atoms with E-state index in [4.69, 9.17) is 0 Å². The minimum Gasteiger partial charge on any atom is -0.380 e. The van der Waals surface area contributed by atoms with E-state index >= 15 is 0 Å². The van der Waals surface area contributed by atoms with E-state index in [1.807, 2.05) is 38.1 Å². The largest absolute Gasteiger partial charge is 0.380 e. The van der Waals surface area contributed by atoms with Crippen molar-refractivity contribution in [3.05, 3.63) is 61.9 Å². The zero-order chi connectivity index (χ0) is 19.3. The van der Waals surface area contributed by atoms with Gasteiger partial charge in [-0.15, -0.1) is 11.3 Å². The highest BCUT2D eigenvalue weighted by atomic mass is 32.1. The summed E-state index contributed by atoms with van der Waals surface area (Å²) < 4.78 is 2.73. The molecule has 3 aromatic heterocycles. The van der Waals surface area contributed by atoms with Crippen LogP contribution in [0.15, 0.2) is 39.9 Å². The molecule has 1 atom stereocenters. The predicted molar refractivity (Wildman–Crippen MR) is 106 cm³/mol. The average Bonchev–Trinajstić information content (AvgIpc) is 3.27. The molecule has 2 N–H and O–H groups in total. The lowest BCUT2D eigenvalue weighted by molar-refractivity contribution is 0.215. The maximum Gasteiger partial charge on any atom is 0.331 e. The van der Waals surface area contributed by atoms with E-state index in [0.717, 1.165) is 15.6 Å². The van der Waals surface area contributed by atoms with E-state index in [0.29, 0.717) is 27.5 Å². The van der Waals surface area contributed by atoms with Gasteiger partial charge in [-0.05, 0) is 24.1 Å². The van der Waals surface area contributed by atoms with Gasteiger partial charge in [0.15, 0.2) is 0 Å². The number of benzene rings is 1. The fourth-order valence-corrected chi connectivity index (χ4v) is 4.33. The Bertz CT molecular complexity index is 1230. The van der Waals surface area contributed by atoms with Crippen LogP contribution in [0.2, 0.25) is 0 Å². The monoisotopic (exact) mass is 384 g/mol. The van der Waals surface area contributed by atoms with Gasteiger partial charge in [0.1, 0.15) is 16.8 Å². The Morgan fingerprint density at radius 1 is 1.26 bits per heavy atom. The summed E-state index contributed by atoms with van der Waals surface area (Å²) in [4.78, 5) is 33.8. The highest BCUT2D eigenvalue weighted by Crippen LogP contribution is 2.31. The summed E-state index contributed by atoms with van der Waals surface area (Å²) in [7, 11) is 1.48. The number of hydrogen-bond donors (Lipinski definition) is 2. The van der Waals surface area contributed by atoms with Crippen molar-refractivity contribution in [2.45, 2.75) is 26.5 Å². The van der Waals surface area contributed by atoms with Gasteiger partial charge < -0.3 is 10.1 Å². The number of aliphatic hydroxyl groups is 1. The molecular weight excluding hydrogens is 364 g/mol. The molecule has 0 radical (unpaired) electrons. The maximum absolute atomic E-state index is 12.6. The number of aromatic amines is 1. The molecule has 0 amide bonds. The normalized spacial score (nSPS) is 13.1. The Morgan fingerprint density at radius 2 is 2.00 bits per heavy atom. The summed E-state index contributed by atoms with van der Waals surface area (Å²) in [6.45, 7) is 4.53. The number of aliphatic hydroxyl groups excluding tert-OH is 1. The van der Waals surface area contributed by atoms with Crippen LogP contribution in [-0.4, -0.2) is 24.2 Å². The smallest absolute Gasteiger partial charge is 0.331 e. The molecule has 8 heteroatoms. The molecule has 4 aromatic rings. The molecule has 0 aliphatic carbocycles. The lowest BCUT2D eigenvalue weighted by Gasteiger charge is -2.11. The van der Waals surface area contributed by atoms with Gasteiger partial charge in [0.25, 0.3) is 5.56 Å². The molecule has 0 bridgehead atoms. The SMILES string of the molecule is CC(C)Cn1c(=O)n(C)c(=O)c2cc(C(O)c3nc4ccccc4[nH]3)sc21. The van der Waals surface area contributed by atoms with E-state index in [1.54, 1.807) is 10.6 Å². The minimum atomic E-state index is -0.998. The minimum absolute atomic E-state index is 0.245. The van der Waals surface area contributed by atoms with Crippen molar-refractivity contribution >= 4 is 32.6 Å². The zero-order valence-electron chi connectivity index (χ0n) is 15.3. The van der Waals surface area contributed by atoms with Crippen molar-refractivity contribution < 1.29 is 5.11 Å². The number of rotatable bonds is 4. The van der Waals surface area contributed by atoms with E-state index in [9.17, 15) is 14.7 Å². The van der Waals surface area contributed by atoms with Crippen LogP contribution in [0, 0.1) is 5.92 Å². The first kappa shape index (κ1) is 17.7. The Kier molecular flexibility index (Phi) is 4.24. The summed E-state index contributed by atoms with van der Waals surface area (Å²) in [6, 6.07) is 9.19. The molecule has 0 aliphatic rings. The van der Waals surface area contributed by atoms with E-state index in [1.165, 1.54) is 18.4 Å². The number of fused-ring (bicyclic) bond motifs is 2. The summed E-state index contributed by atoms with van der Waals surface area (Å²) in [5.74, 6) is 0.659. The fraction of sp³-hybridized carbons (Fsp3) is 0.316. The van der Waals surface area contributed by atoms with Crippen molar-refractivity contribution in [3.8, 4) is 0 Å². The molecule has 0 saturated carbocycles. The van der Waals surface area contributed by atoms with Gasteiger partial charge >= 0.3 is 5.69 Å². The molecule has 7 nitrogen and oxygen atoms in total. The number of H-pyrrole nitrogens is 1. The number of nitrogens with zero attached hydrogens (tertiary/aromatic N) is 3. The first-order chi connectivity index (χ1) is 12.9. The third-order valence-electron chi connectivity index (χ3n) is 4.51. The molecular formula is C19H20N4O3S. The molecule has 0 saturated heterocycles. The van der Waals surface area contributed by atoms with Crippen LogP contribution in [-0.2, 0) is 13.6 Å². The number of para-hydroxylation sites is 2. The van der Waals surface area contributed by atoms with Crippen molar-refractivity contribution in [1.29, 1.82) is 0 Å². The number of imidazole rings is 1. The molecule has 0 fully saturated rings. The van der Waals surface area contributed by atoms with Crippen LogP contribution in [0.4, 0.5) is 0 Å². The van der Waals surface area contributed by atoms with Crippen LogP contribution in [0.1, 0.15) is 30.7 Å². The third kappa shape index (κ3) is 2.90. The quantitative estimate of drug-likeness (QED) is 0.565. The van der Waals surface area contributed by atoms with Gasteiger partial charge in [-0.25, -0.2) is 9.78 Å². The van der Waals surface area contributed by atoms with Crippen LogP contribution in [0.25, 0.3) is 21.3 Å². The highest BCUT2D eigenvalue weighted by Gasteiger charge is 2.21. The topological polar surface area (TPSA) is 92.9 Å². The number of thiophene rings is 1. The predicted octanol–water partition coefficient (Wildman–Crippen LogP) is 2.38. The molecule has 140 valence electrons. The summed E-state index contributed by atoms with van der Waals surface area (Å²) in [5.41, 5.74) is 0.905. The molecule has 0 spiro atoms. The molecule has 1 unspecified atom stereocenters. The first-order valence-electron chi connectivity index (χ1n) is 8.72. The molecule has 3 heterocycles. The second kappa shape index (κ2) is 6.47. The first-order valence-corrected chi connectivity index (χ1v) is 9.54. The van der Waals surface area contributed by atoms with Gasteiger partial charge in [-0.1, -0.05) is 26.0 Å². The third-order valence-corrected chi connectivity index (χ3v) is 5.72. The van der Waals surface area contributed by atoms with Gasteiger partial charge in [0, 0.05) is 18.5 Å². The number of hydrogen-bond acceptors (Lipinski definition) is 5. The van der Waals surface area contributed by atoms with E-state index in [2.05, 4.69) is 9.97 Å². The second-order valence-electron chi connectivity index (χ2n) is 7.06. The number of aromatic nitrogens is 4. The molecule has 4 rings (SSSR count). The summed E-state index contributed by atoms with van der Waals surface area (Å²) >= 11 is 1.26. The second-order valence-corrected chi connectivity index (χ2v) is 8.12. The zero-order valence-corrected chi connectivity index (χ0v) is 16.1. The molecule has 0 aliphatic heterocycles. The van der Waals surface area contributed by atoms with Gasteiger partial charge in [0.05, 0.1) is 16.4 Å². The Morgan fingerprint density at radius 3 is 2.70 bits per heavy atom. The van der Waals surface area contributed by atoms with E-state index < -0.39 is 6.10 Å². The van der Waals surface area contributed by atoms with Crippen molar-refractivity contribution in [2.75, 3.05) is 0 Å². The van der Waals surface area contributed by atoms with Crippen molar-refractivity contribution in [1.82, 2.24) is 19.1 Å². The number of nitrogens with one attached hydrogen (secondary N) is 1. The van der Waals surface area contributed by atoms with Gasteiger partial charge in [0.2, 0.25) is 0 Å². The molecule has 27 heavy (non-hydrogen) atoms. The Hall–Kier alpha value is -2.71. The average molecular weight is 384 g/mol. The van der Waals surface area contributed by atoms with Crippen LogP contribution in [0.3, 0.4) is 0 Å². The lowest BCUT2D eigenvalue weighted by atomic mass is 10.2. The standard InChI is InChI=1S/C19H20N4O3S/c1-10(2)9-23-18-11(17(25)22(3)19(23)26)8-14(27-18)15(24)16-20-12-6-4-5-7-13(12)21-16/h4-8,10,15,24H,9H2,1-3H3,(H,20,21). The van der Waals surface area contributed by atoms with Gasteiger partial charge in [-0.3, -0.25) is 13.9 Å². The highest BCUT2D eigenvalue weighted by molar-refractivity contribution is 7.18.